The predicted octanol–water partition coefficient (Wildman–Crippen LogP) is 5.19. The van der Waals surface area contributed by atoms with Gasteiger partial charge in [0.1, 0.15) is 0 Å². The highest BCUT2D eigenvalue weighted by molar-refractivity contribution is 5.16. The molecule has 0 radical (unpaired) electrons. The largest absolute Gasteiger partial charge is 0.392 e. The monoisotopic (exact) mass is 360 g/mol. The molecular weight excluding hydrogens is 320 g/mol. The van der Waals surface area contributed by atoms with Crippen LogP contribution in [0, 0.1) is 46.3 Å². The molecule has 0 bridgehead atoms. The molecule has 0 aromatic heterocycles. The van der Waals surface area contributed by atoms with Crippen molar-refractivity contribution in [3.05, 3.63) is 12.2 Å². The molecule has 4 saturated carbocycles. The van der Waals surface area contributed by atoms with Gasteiger partial charge in [0, 0.05) is 0 Å². The van der Waals surface area contributed by atoms with E-state index in [-0.39, 0.29) is 6.61 Å². The molecule has 0 aromatic rings. The van der Waals surface area contributed by atoms with Crippen LogP contribution in [0.4, 0.5) is 0 Å². The van der Waals surface area contributed by atoms with Crippen molar-refractivity contribution in [2.75, 3.05) is 6.61 Å². The average Bonchev–Trinajstić information content (AvgIpc) is 2.91. The Bertz CT molecular complexity index is 577. The molecule has 2 heteroatoms. The van der Waals surface area contributed by atoms with Crippen molar-refractivity contribution in [3.63, 3.8) is 0 Å². The maximum absolute atomic E-state index is 10.7. The Balaban J connectivity index is 1.63. The molecule has 4 rings (SSSR count). The van der Waals surface area contributed by atoms with Crippen LogP contribution in [-0.4, -0.2) is 22.4 Å². The van der Waals surface area contributed by atoms with E-state index >= 15 is 0 Å². The molecule has 0 heterocycles. The van der Waals surface area contributed by atoms with Gasteiger partial charge in [-0.25, -0.2) is 0 Å². The average molecular weight is 361 g/mol. The van der Waals surface area contributed by atoms with Crippen LogP contribution >= 0.6 is 0 Å². The second kappa shape index (κ2) is 6.08. The maximum Gasteiger partial charge on any atom is 0.0642 e. The lowest BCUT2D eigenvalue weighted by Gasteiger charge is -2.61. The van der Waals surface area contributed by atoms with Crippen LogP contribution in [0.15, 0.2) is 12.2 Å². The summed E-state index contributed by atoms with van der Waals surface area (Å²) in [5, 5.41) is 20.4. The van der Waals surface area contributed by atoms with E-state index in [9.17, 15) is 10.2 Å². The number of aliphatic hydroxyl groups excluding tert-OH is 1. The lowest BCUT2D eigenvalue weighted by Crippen LogP contribution is -2.55. The summed E-state index contributed by atoms with van der Waals surface area (Å²) in [7, 11) is 0. The number of rotatable bonds is 2. The molecular formula is C24H40O2. The molecule has 0 aromatic carbocycles. The van der Waals surface area contributed by atoms with Crippen molar-refractivity contribution in [2.24, 2.45) is 46.3 Å². The number of fused-ring (bicyclic) bond motifs is 5. The van der Waals surface area contributed by atoms with E-state index < -0.39 is 5.60 Å². The van der Waals surface area contributed by atoms with E-state index in [2.05, 4.69) is 34.3 Å². The summed E-state index contributed by atoms with van der Waals surface area (Å²) >= 11 is 0. The number of aliphatic hydroxyl groups is 2. The smallest absolute Gasteiger partial charge is 0.0642 e. The Morgan fingerprint density at radius 2 is 1.58 bits per heavy atom. The fourth-order valence-electron chi connectivity index (χ4n) is 8.46. The van der Waals surface area contributed by atoms with Gasteiger partial charge in [-0.2, -0.15) is 0 Å². The number of hydrogen-bond acceptors (Lipinski definition) is 2. The molecule has 4 fully saturated rings. The second-order valence-electron chi connectivity index (χ2n) is 11.6. The molecule has 0 unspecified atom stereocenters. The van der Waals surface area contributed by atoms with E-state index in [4.69, 9.17) is 0 Å². The maximum atomic E-state index is 10.7. The fourth-order valence-corrected chi connectivity index (χ4v) is 8.46. The summed E-state index contributed by atoms with van der Waals surface area (Å²) in [4.78, 5) is 0. The van der Waals surface area contributed by atoms with Gasteiger partial charge in [0.2, 0.25) is 0 Å². The van der Waals surface area contributed by atoms with E-state index in [0.29, 0.717) is 22.7 Å². The van der Waals surface area contributed by atoms with Gasteiger partial charge < -0.3 is 10.2 Å². The zero-order chi connectivity index (χ0) is 18.9. The third kappa shape index (κ3) is 2.73. The molecule has 0 aliphatic heterocycles. The zero-order valence-electron chi connectivity index (χ0n) is 17.4. The van der Waals surface area contributed by atoms with Crippen LogP contribution in [0.25, 0.3) is 0 Å². The quantitative estimate of drug-likeness (QED) is 0.665. The van der Waals surface area contributed by atoms with Gasteiger partial charge in [0.15, 0.2) is 0 Å². The van der Waals surface area contributed by atoms with Gasteiger partial charge in [-0.1, -0.05) is 27.4 Å². The second-order valence-corrected chi connectivity index (χ2v) is 11.6. The molecule has 4 aliphatic carbocycles. The molecule has 2 N–H and O–H groups in total. The van der Waals surface area contributed by atoms with Gasteiger partial charge in [-0.15, -0.1) is 0 Å². The summed E-state index contributed by atoms with van der Waals surface area (Å²) in [6.07, 6.45) is 9.75. The molecule has 0 amide bonds. The summed E-state index contributed by atoms with van der Waals surface area (Å²) in [5.41, 5.74) is 1.31. The molecule has 26 heavy (non-hydrogen) atoms. The van der Waals surface area contributed by atoms with Crippen molar-refractivity contribution in [1.29, 1.82) is 0 Å². The summed E-state index contributed by atoms with van der Waals surface area (Å²) < 4.78 is 0. The molecule has 2 nitrogen and oxygen atoms in total. The highest BCUT2D eigenvalue weighted by Crippen LogP contribution is 2.68. The number of hydrogen-bond donors (Lipinski definition) is 2. The van der Waals surface area contributed by atoms with Crippen molar-refractivity contribution < 1.29 is 10.2 Å². The zero-order valence-corrected chi connectivity index (χ0v) is 17.4. The molecule has 0 spiro atoms. The molecule has 148 valence electrons. The first kappa shape index (κ1) is 19.0. The minimum absolute atomic E-state index is 0.159. The van der Waals surface area contributed by atoms with Crippen LogP contribution in [-0.2, 0) is 0 Å². The Kier molecular flexibility index (Phi) is 4.44. The highest BCUT2D eigenvalue weighted by atomic mass is 16.3. The Morgan fingerprint density at radius 1 is 0.885 bits per heavy atom. The summed E-state index contributed by atoms with van der Waals surface area (Å²) in [6.45, 7) is 13.9. The third-order valence-corrected chi connectivity index (χ3v) is 9.70. The Hall–Kier alpha value is -0.340. The van der Waals surface area contributed by atoms with E-state index in [1.54, 1.807) is 0 Å². The van der Waals surface area contributed by atoms with Crippen LogP contribution in [0.2, 0.25) is 0 Å². The first-order chi connectivity index (χ1) is 12.1. The van der Waals surface area contributed by atoms with Gasteiger partial charge in [-0.3, -0.25) is 0 Å². The third-order valence-electron chi connectivity index (χ3n) is 9.70. The SMILES string of the molecule is C=C(CO)[C@H]1CC[C@H]2[C@@H]3CC(C)(C)[C@@H]4C[C@@](C)(O)CC[C@@H]4[C@H]3CC[C@]12C. The topological polar surface area (TPSA) is 40.5 Å². The minimum Gasteiger partial charge on any atom is -0.392 e. The van der Waals surface area contributed by atoms with Gasteiger partial charge in [0.05, 0.1) is 12.2 Å². The van der Waals surface area contributed by atoms with Crippen LogP contribution in [0.5, 0.6) is 0 Å². The normalized spacial score (nSPS) is 52.7. The standard InChI is InChI=1S/C24H40O2/c1-15(14-25)19-6-7-20-18-12-22(2,3)21-13-23(4,26)10-8-17(21)16(18)9-11-24(19,20)5/h16-21,25-26H,1,6-14H2,2-5H3/t16-,17-,18-,19-,20+,21-,23+,24-/m1/s1. The van der Waals surface area contributed by atoms with E-state index in [1.165, 1.54) is 38.5 Å². The Labute approximate surface area is 160 Å². The van der Waals surface area contributed by atoms with E-state index in [1.807, 2.05) is 0 Å². The molecule has 0 saturated heterocycles. The highest BCUT2D eigenvalue weighted by Gasteiger charge is 2.60. The molecule has 8 atom stereocenters. The summed E-state index contributed by atoms with van der Waals surface area (Å²) in [5.74, 6) is 4.52. The Morgan fingerprint density at radius 3 is 2.27 bits per heavy atom. The van der Waals surface area contributed by atoms with E-state index in [0.717, 1.165) is 42.1 Å². The van der Waals surface area contributed by atoms with Crippen molar-refractivity contribution in [3.8, 4) is 0 Å². The van der Waals surface area contributed by atoms with Crippen LogP contribution < -0.4 is 0 Å². The van der Waals surface area contributed by atoms with Crippen LogP contribution in [0.1, 0.15) is 79.1 Å². The fraction of sp³-hybridized carbons (Fsp3) is 0.917. The predicted molar refractivity (Wildman–Crippen MR) is 107 cm³/mol. The van der Waals surface area contributed by atoms with Crippen molar-refractivity contribution >= 4 is 0 Å². The lowest BCUT2D eigenvalue weighted by atomic mass is 9.44. The summed E-state index contributed by atoms with van der Waals surface area (Å²) in [6, 6.07) is 0. The first-order valence-corrected chi connectivity index (χ1v) is 11.1. The lowest BCUT2D eigenvalue weighted by molar-refractivity contribution is -0.144. The van der Waals surface area contributed by atoms with Gasteiger partial charge in [0.25, 0.3) is 0 Å². The van der Waals surface area contributed by atoms with Gasteiger partial charge >= 0.3 is 0 Å². The first-order valence-electron chi connectivity index (χ1n) is 11.1. The molecule has 4 aliphatic rings. The van der Waals surface area contributed by atoms with Crippen LogP contribution in [0.3, 0.4) is 0 Å². The van der Waals surface area contributed by atoms with Crippen molar-refractivity contribution in [2.45, 2.75) is 84.7 Å². The minimum atomic E-state index is -0.453. The van der Waals surface area contributed by atoms with Crippen molar-refractivity contribution in [1.82, 2.24) is 0 Å². The van der Waals surface area contributed by atoms with Gasteiger partial charge in [-0.05, 0) is 110 Å².